The van der Waals surface area contributed by atoms with Gasteiger partial charge in [0.15, 0.2) is 0 Å². The van der Waals surface area contributed by atoms with Gasteiger partial charge < -0.3 is 14.7 Å². The van der Waals surface area contributed by atoms with Crippen molar-refractivity contribution >= 4 is 57.6 Å². The van der Waals surface area contributed by atoms with Crippen molar-refractivity contribution in [2.75, 3.05) is 11.5 Å². The summed E-state index contributed by atoms with van der Waals surface area (Å²) in [6.07, 6.45) is -5.46. The maximum absolute atomic E-state index is 14.1. The van der Waals surface area contributed by atoms with Crippen LogP contribution in [0, 0.1) is 0 Å². The van der Waals surface area contributed by atoms with Crippen molar-refractivity contribution < 1.29 is 27.4 Å². The van der Waals surface area contributed by atoms with Gasteiger partial charge in [0, 0.05) is 27.6 Å². The van der Waals surface area contributed by atoms with Crippen LogP contribution in [0.5, 0.6) is 0 Å². The lowest BCUT2D eigenvalue weighted by Gasteiger charge is -2.29. The van der Waals surface area contributed by atoms with E-state index in [1.807, 2.05) is 0 Å². The summed E-state index contributed by atoms with van der Waals surface area (Å²) in [6, 6.07) is 7.59. The van der Waals surface area contributed by atoms with Gasteiger partial charge in [-0.2, -0.15) is 13.2 Å². The first-order valence-corrected chi connectivity index (χ1v) is 11.8. The molecular formula is C20H14Cl3F3N2O3S. The Bertz CT molecular complexity index is 1090. The molecule has 1 fully saturated rings. The fourth-order valence-corrected chi connectivity index (χ4v) is 5.23. The first kappa shape index (κ1) is 23.5. The molecule has 170 valence electrons. The van der Waals surface area contributed by atoms with E-state index in [-0.39, 0.29) is 43.5 Å². The quantitative estimate of drug-likeness (QED) is 0.565. The van der Waals surface area contributed by atoms with Gasteiger partial charge in [-0.25, -0.2) is 0 Å². The molecule has 32 heavy (non-hydrogen) atoms. The Morgan fingerprint density at radius 3 is 2.38 bits per heavy atom. The van der Waals surface area contributed by atoms with Crippen LogP contribution < -0.4 is 5.32 Å². The molecule has 2 aliphatic heterocycles. The summed E-state index contributed by atoms with van der Waals surface area (Å²) in [7, 11) is 0. The number of hydrogen-bond acceptors (Lipinski definition) is 4. The molecule has 0 spiro atoms. The Hall–Kier alpha value is -1.65. The monoisotopic (exact) mass is 524 g/mol. The molecule has 12 heteroatoms. The minimum absolute atomic E-state index is 0.00155. The number of halogens is 6. The van der Waals surface area contributed by atoms with Gasteiger partial charge in [-0.1, -0.05) is 46.0 Å². The fourth-order valence-electron chi connectivity index (χ4n) is 3.47. The van der Waals surface area contributed by atoms with Crippen LogP contribution in [0.25, 0.3) is 0 Å². The number of carbonyl (C=O) groups is 1. The number of amides is 1. The highest BCUT2D eigenvalue weighted by molar-refractivity contribution is 7.92. The van der Waals surface area contributed by atoms with Crippen LogP contribution in [-0.2, 0) is 21.6 Å². The predicted octanol–water partition coefficient (Wildman–Crippen LogP) is 5.09. The minimum atomic E-state index is -4.82. The Morgan fingerprint density at radius 1 is 1.16 bits per heavy atom. The first-order chi connectivity index (χ1) is 15.0. The predicted molar refractivity (Wildman–Crippen MR) is 117 cm³/mol. The van der Waals surface area contributed by atoms with Gasteiger partial charge in [0.2, 0.25) is 0 Å². The molecule has 1 amide bonds. The molecule has 1 saturated heterocycles. The van der Waals surface area contributed by atoms with Crippen LogP contribution in [0.2, 0.25) is 15.1 Å². The van der Waals surface area contributed by atoms with Gasteiger partial charge in [0.05, 0.1) is 16.3 Å². The number of carbonyl (C=O) groups excluding carboxylic acids is 1. The molecule has 2 aliphatic rings. The van der Waals surface area contributed by atoms with Gasteiger partial charge in [0.25, 0.3) is 11.5 Å². The van der Waals surface area contributed by atoms with Crippen molar-refractivity contribution in [3.63, 3.8) is 0 Å². The summed E-state index contributed by atoms with van der Waals surface area (Å²) in [5.74, 6) is 0.303. The highest BCUT2D eigenvalue weighted by Gasteiger charge is 2.62. The van der Waals surface area contributed by atoms with Crippen molar-refractivity contribution in [3.05, 3.63) is 68.2 Å². The smallest absolute Gasteiger partial charge is 0.435 e. The topological polar surface area (TPSA) is 73.8 Å². The lowest BCUT2D eigenvalue weighted by atomic mass is 9.86. The number of rotatable bonds is 4. The molecular weight excluding hydrogens is 512 g/mol. The second-order valence-electron chi connectivity index (χ2n) is 7.43. The van der Waals surface area contributed by atoms with Crippen LogP contribution in [0.4, 0.5) is 13.2 Å². The maximum Gasteiger partial charge on any atom is 0.435 e. The molecule has 1 N–H and O–H groups in total. The zero-order valence-electron chi connectivity index (χ0n) is 16.0. The number of oxime groups is 1. The Balaban J connectivity index is 1.58. The van der Waals surface area contributed by atoms with E-state index in [2.05, 4.69) is 10.5 Å². The van der Waals surface area contributed by atoms with Gasteiger partial charge in [-0.3, -0.25) is 4.79 Å². The number of hydrogen-bond donors (Lipinski definition) is 1. The summed E-state index contributed by atoms with van der Waals surface area (Å²) in [5, 5.41) is 6.49. The highest BCUT2D eigenvalue weighted by atomic mass is 35.5. The van der Waals surface area contributed by atoms with E-state index in [1.54, 1.807) is 0 Å². The normalized spacial score (nSPS) is 25.0. The average molecular weight is 526 g/mol. The summed E-state index contributed by atoms with van der Waals surface area (Å²) < 4.78 is 53.5. The average Bonchev–Trinajstić information content (AvgIpc) is 3.12. The largest absolute Gasteiger partial charge is 0.616 e. The van der Waals surface area contributed by atoms with Crippen molar-refractivity contribution in [2.24, 2.45) is 5.16 Å². The van der Waals surface area contributed by atoms with E-state index in [4.69, 9.17) is 39.6 Å². The summed E-state index contributed by atoms with van der Waals surface area (Å²) in [4.78, 5) is 17.3. The van der Waals surface area contributed by atoms with E-state index in [0.29, 0.717) is 11.5 Å². The molecule has 0 unspecified atom stereocenters. The SMILES string of the molecule is O=C(N[C@H]1C[S@@+]([O-])C1)c1ccc(C2=NO[C@@](c3cc(Cl)cc(Cl)c3)(C(F)(F)F)C2)cc1Cl. The third-order valence-corrected chi connectivity index (χ3v) is 7.47. The van der Waals surface area contributed by atoms with E-state index in [9.17, 15) is 22.5 Å². The van der Waals surface area contributed by atoms with Crippen molar-refractivity contribution in [2.45, 2.75) is 24.2 Å². The lowest BCUT2D eigenvalue weighted by Crippen LogP contribution is -2.53. The van der Waals surface area contributed by atoms with E-state index >= 15 is 0 Å². The number of alkyl halides is 3. The Labute approximate surface area is 199 Å². The van der Waals surface area contributed by atoms with Gasteiger partial charge in [-0.15, -0.1) is 0 Å². The van der Waals surface area contributed by atoms with Crippen molar-refractivity contribution in [1.29, 1.82) is 0 Å². The first-order valence-electron chi connectivity index (χ1n) is 9.22. The van der Waals surface area contributed by atoms with Crippen LogP contribution in [0.1, 0.15) is 27.9 Å². The van der Waals surface area contributed by atoms with E-state index in [1.165, 1.54) is 24.3 Å². The standard InChI is InChI=1S/C20H14Cl3F3N2O3S/c21-12-4-11(5-13(22)6-12)19(20(24,25)26)7-17(28-31-19)10-1-2-15(16(23)3-10)18(29)27-14-8-32(30)9-14/h1-6,14H,7-9H2,(H,27,29)/t14-,19-,32+/m0/s1. The fraction of sp³-hybridized carbons (Fsp3) is 0.300. The van der Waals surface area contributed by atoms with Crippen LogP contribution in [0.3, 0.4) is 0 Å². The van der Waals surface area contributed by atoms with Crippen LogP contribution in [-0.4, -0.2) is 39.9 Å². The van der Waals surface area contributed by atoms with E-state index < -0.39 is 35.3 Å². The van der Waals surface area contributed by atoms with Crippen LogP contribution >= 0.6 is 34.8 Å². The molecule has 2 heterocycles. The molecule has 0 saturated carbocycles. The van der Waals surface area contributed by atoms with Crippen LogP contribution in [0.15, 0.2) is 41.6 Å². The van der Waals surface area contributed by atoms with Crippen molar-refractivity contribution in [1.82, 2.24) is 5.32 Å². The Morgan fingerprint density at radius 2 is 1.81 bits per heavy atom. The number of nitrogens with zero attached hydrogens (tertiary/aromatic N) is 1. The molecule has 0 aliphatic carbocycles. The third kappa shape index (κ3) is 4.41. The summed E-state index contributed by atoms with van der Waals surface area (Å²) in [6.45, 7) is 0. The Kier molecular flexibility index (Phi) is 6.32. The van der Waals surface area contributed by atoms with Crippen molar-refractivity contribution in [3.8, 4) is 0 Å². The molecule has 0 aromatic heterocycles. The second-order valence-corrected chi connectivity index (χ2v) is 10.3. The molecule has 0 radical (unpaired) electrons. The molecule has 0 bridgehead atoms. The summed E-state index contributed by atoms with van der Waals surface area (Å²) in [5.41, 5.74) is -2.62. The molecule has 2 aromatic carbocycles. The van der Waals surface area contributed by atoms with Gasteiger partial charge >= 0.3 is 6.18 Å². The zero-order valence-corrected chi connectivity index (χ0v) is 19.1. The molecule has 2 aromatic rings. The zero-order chi connectivity index (χ0) is 23.3. The second kappa shape index (κ2) is 8.61. The number of benzene rings is 2. The van der Waals surface area contributed by atoms with Gasteiger partial charge in [0.1, 0.15) is 17.5 Å². The summed E-state index contributed by atoms with van der Waals surface area (Å²) >= 11 is 17.1. The van der Waals surface area contributed by atoms with E-state index in [0.717, 1.165) is 12.1 Å². The molecule has 4 rings (SSSR count). The van der Waals surface area contributed by atoms with Gasteiger partial charge in [-0.05, 0) is 41.5 Å². The lowest BCUT2D eigenvalue weighted by molar-refractivity contribution is -0.275. The maximum atomic E-state index is 14.1. The number of nitrogens with one attached hydrogen (secondary N) is 1. The highest BCUT2D eigenvalue weighted by Crippen LogP contribution is 2.49. The molecule has 1 atom stereocenters. The molecule has 5 nitrogen and oxygen atoms in total. The third-order valence-electron chi connectivity index (χ3n) is 5.17. The minimum Gasteiger partial charge on any atom is -0.616 e.